The predicted octanol–water partition coefficient (Wildman–Crippen LogP) is 1.35. The fraction of sp³-hybridized carbons (Fsp3) is 0.176. The van der Waals surface area contributed by atoms with Crippen LogP contribution in [0.2, 0.25) is 0 Å². The lowest BCUT2D eigenvalue weighted by Gasteiger charge is -2.19. The van der Waals surface area contributed by atoms with Crippen molar-refractivity contribution >= 4 is 29.4 Å². The van der Waals surface area contributed by atoms with Gasteiger partial charge in [0.15, 0.2) is 5.54 Å². The van der Waals surface area contributed by atoms with E-state index >= 15 is 0 Å². The Kier molecular flexibility index (Phi) is 4.21. The van der Waals surface area contributed by atoms with Crippen molar-refractivity contribution < 1.29 is 23.6 Å². The van der Waals surface area contributed by atoms with E-state index in [4.69, 9.17) is 4.42 Å². The Labute approximate surface area is 148 Å². The van der Waals surface area contributed by atoms with Crippen molar-refractivity contribution in [1.82, 2.24) is 15.8 Å². The summed E-state index contributed by atoms with van der Waals surface area (Å²) < 4.78 is 5.21. The monoisotopic (exact) mass is 356 g/mol. The second-order valence-electron chi connectivity index (χ2n) is 5.87. The van der Waals surface area contributed by atoms with E-state index in [1.54, 1.807) is 12.1 Å². The smallest absolute Gasteiger partial charge is 0.344 e. The molecule has 0 unspecified atom stereocenters. The summed E-state index contributed by atoms with van der Waals surface area (Å²) >= 11 is 0. The van der Waals surface area contributed by atoms with Crippen molar-refractivity contribution in [2.75, 3.05) is 5.32 Å². The van der Waals surface area contributed by atoms with Gasteiger partial charge >= 0.3 is 6.03 Å². The molecule has 1 saturated heterocycles. The molecule has 1 aromatic carbocycles. The van der Waals surface area contributed by atoms with E-state index in [0.29, 0.717) is 10.7 Å². The van der Waals surface area contributed by atoms with Crippen molar-refractivity contribution in [2.45, 2.75) is 19.4 Å². The molecule has 2 aromatic rings. The molecule has 1 aliphatic rings. The maximum absolute atomic E-state index is 12.6. The topological polar surface area (TPSA) is 121 Å². The molecule has 134 valence electrons. The third kappa shape index (κ3) is 3.02. The van der Waals surface area contributed by atoms with Gasteiger partial charge in [-0.1, -0.05) is 0 Å². The van der Waals surface area contributed by atoms with Crippen LogP contribution in [0.5, 0.6) is 0 Å². The minimum absolute atomic E-state index is 0.214. The van der Waals surface area contributed by atoms with Crippen LogP contribution in [0.1, 0.15) is 30.0 Å². The lowest BCUT2D eigenvalue weighted by Crippen LogP contribution is -2.47. The molecule has 2 heterocycles. The number of hydrogen-bond acceptors (Lipinski definition) is 5. The number of amides is 5. The molecule has 0 spiro atoms. The van der Waals surface area contributed by atoms with Gasteiger partial charge in [-0.15, -0.1) is 0 Å². The van der Waals surface area contributed by atoms with Gasteiger partial charge in [-0.2, -0.15) is 5.01 Å². The summed E-state index contributed by atoms with van der Waals surface area (Å²) in [5, 5.41) is 5.69. The SMILES string of the molecule is CC(=O)Nc1ccc(C(=O)NN2C(=O)N[C@](C)(c3ccco3)C2=O)cc1. The van der Waals surface area contributed by atoms with Crippen LogP contribution in [0.25, 0.3) is 0 Å². The number of carbonyl (C=O) groups excluding carboxylic acids is 4. The third-order valence-corrected chi connectivity index (χ3v) is 3.89. The average molecular weight is 356 g/mol. The zero-order valence-electron chi connectivity index (χ0n) is 14.0. The highest BCUT2D eigenvalue weighted by Gasteiger charge is 2.52. The predicted molar refractivity (Wildman–Crippen MR) is 89.6 cm³/mol. The van der Waals surface area contributed by atoms with Crippen LogP contribution in [0.15, 0.2) is 47.1 Å². The molecule has 9 heteroatoms. The van der Waals surface area contributed by atoms with Crippen molar-refractivity contribution in [3.05, 3.63) is 54.0 Å². The maximum Gasteiger partial charge on any atom is 0.344 e. The van der Waals surface area contributed by atoms with E-state index in [2.05, 4.69) is 16.1 Å². The summed E-state index contributed by atoms with van der Waals surface area (Å²) in [7, 11) is 0. The second-order valence-corrected chi connectivity index (χ2v) is 5.87. The normalized spacial score (nSPS) is 19.2. The molecular formula is C17H16N4O5. The minimum Gasteiger partial charge on any atom is -0.466 e. The van der Waals surface area contributed by atoms with Gasteiger partial charge in [0.1, 0.15) is 5.76 Å². The first-order valence-electron chi connectivity index (χ1n) is 7.70. The van der Waals surface area contributed by atoms with Gasteiger partial charge in [0.2, 0.25) is 5.91 Å². The Morgan fingerprint density at radius 2 is 1.85 bits per heavy atom. The highest BCUT2D eigenvalue weighted by Crippen LogP contribution is 2.28. The molecule has 0 radical (unpaired) electrons. The molecular weight excluding hydrogens is 340 g/mol. The molecule has 5 amide bonds. The Morgan fingerprint density at radius 1 is 1.15 bits per heavy atom. The number of carbonyl (C=O) groups is 4. The summed E-state index contributed by atoms with van der Waals surface area (Å²) in [4.78, 5) is 48.1. The highest BCUT2D eigenvalue weighted by molar-refractivity contribution is 6.09. The standard InChI is InChI=1S/C17H16N4O5/c1-10(22)18-12-7-5-11(6-8-12)14(23)20-21-15(24)17(2,19-16(21)25)13-4-3-9-26-13/h3-9H,1-2H3,(H,18,22)(H,19,25)(H,20,23)/t17-/m1/s1. The first kappa shape index (κ1) is 17.2. The maximum atomic E-state index is 12.6. The number of benzene rings is 1. The number of rotatable bonds is 4. The molecule has 1 aromatic heterocycles. The molecule has 26 heavy (non-hydrogen) atoms. The zero-order chi connectivity index (χ0) is 18.9. The van der Waals surface area contributed by atoms with Crippen LogP contribution in [0.3, 0.4) is 0 Å². The summed E-state index contributed by atoms with van der Waals surface area (Å²) in [5.41, 5.74) is 1.61. The Hall–Kier alpha value is -3.62. The summed E-state index contributed by atoms with van der Waals surface area (Å²) in [6, 6.07) is 8.39. The lowest BCUT2D eigenvalue weighted by atomic mass is 10.00. The van der Waals surface area contributed by atoms with Gasteiger partial charge in [-0.05, 0) is 43.3 Å². The van der Waals surface area contributed by atoms with Gasteiger partial charge in [0.05, 0.1) is 6.26 Å². The first-order valence-corrected chi connectivity index (χ1v) is 7.70. The zero-order valence-corrected chi connectivity index (χ0v) is 14.0. The van der Waals surface area contributed by atoms with Gasteiger partial charge in [-0.25, -0.2) is 4.79 Å². The van der Waals surface area contributed by atoms with Crippen LogP contribution in [-0.2, 0) is 15.1 Å². The number of anilines is 1. The molecule has 0 aliphatic carbocycles. The molecule has 3 rings (SSSR count). The number of urea groups is 1. The van der Waals surface area contributed by atoms with Gasteiger partial charge in [0.25, 0.3) is 11.8 Å². The fourth-order valence-electron chi connectivity index (χ4n) is 2.54. The molecule has 0 bridgehead atoms. The summed E-state index contributed by atoms with van der Waals surface area (Å²) in [6.07, 6.45) is 1.39. The van der Waals surface area contributed by atoms with Crippen molar-refractivity contribution in [2.24, 2.45) is 0 Å². The minimum atomic E-state index is -1.40. The summed E-state index contributed by atoms with van der Waals surface area (Å²) in [6.45, 7) is 2.86. The quantitative estimate of drug-likeness (QED) is 0.714. The summed E-state index contributed by atoms with van der Waals surface area (Å²) in [5.74, 6) is -1.29. The van der Waals surface area contributed by atoms with Gasteiger partial charge < -0.3 is 15.1 Å². The lowest BCUT2D eigenvalue weighted by molar-refractivity contribution is -0.133. The number of nitrogens with one attached hydrogen (secondary N) is 3. The molecule has 0 saturated carbocycles. The van der Waals surface area contributed by atoms with E-state index in [9.17, 15) is 19.2 Å². The van der Waals surface area contributed by atoms with Crippen LogP contribution in [-0.4, -0.2) is 28.8 Å². The highest BCUT2D eigenvalue weighted by atomic mass is 16.3. The van der Waals surface area contributed by atoms with E-state index in [0.717, 1.165) is 0 Å². The number of hydrazine groups is 1. The Morgan fingerprint density at radius 3 is 2.42 bits per heavy atom. The molecule has 1 aliphatic heterocycles. The molecule has 1 fully saturated rings. The molecule has 3 N–H and O–H groups in total. The van der Waals surface area contributed by atoms with Crippen LogP contribution in [0, 0.1) is 0 Å². The average Bonchev–Trinajstić information content (AvgIpc) is 3.19. The van der Waals surface area contributed by atoms with Crippen molar-refractivity contribution in [3.8, 4) is 0 Å². The van der Waals surface area contributed by atoms with Crippen LogP contribution >= 0.6 is 0 Å². The number of imide groups is 1. The first-order chi connectivity index (χ1) is 12.3. The molecule has 9 nitrogen and oxygen atoms in total. The van der Waals surface area contributed by atoms with Gasteiger partial charge in [-0.3, -0.25) is 19.8 Å². The fourth-order valence-corrected chi connectivity index (χ4v) is 2.54. The number of nitrogens with zero attached hydrogens (tertiary/aromatic N) is 1. The van der Waals surface area contributed by atoms with E-state index < -0.39 is 23.4 Å². The van der Waals surface area contributed by atoms with E-state index in [1.807, 2.05) is 0 Å². The third-order valence-electron chi connectivity index (χ3n) is 3.89. The Bertz CT molecular complexity index is 875. The second kappa shape index (κ2) is 6.36. The van der Waals surface area contributed by atoms with Crippen LogP contribution in [0.4, 0.5) is 10.5 Å². The van der Waals surface area contributed by atoms with E-state index in [-0.39, 0.29) is 17.2 Å². The largest absolute Gasteiger partial charge is 0.466 e. The number of furan rings is 1. The Balaban J connectivity index is 1.74. The van der Waals surface area contributed by atoms with Crippen LogP contribution < -0.4 is 16.1 Å². The molecule has 1 atom stereocenters. The van der Waals surface area contributed by atoms with Crippen molar-refractivity contribution in [3.63, 3.8) is 0 Å². The van der Waals surface area contributed by atoms with E-state index in [1.165, 1.54) is 44.4 Å². The van der Waals surface area contributed by atoms with Crippen molar-refractivity contribution in [1.29, 1.82) is 0 Å². The van der Waals surface area contributed by atoms with Gasteiger partial charge in [0, 0.05) is 18.2 Å². The number of hydrogen-bond donors (Lipinski definition) is 3.